The Labute approximate surface area is 434 Å². The molecule has 0 saturated carbocycles. The van der Waals surface area contributed by atoms with E-state index in [4.69, 9.17) is 14.2 Å². The normalized spacial score (nSPS) is 10.0. The highest BCUT2D eigenvalue weighted by atomic mass is 31.2. The summed E-state index contributed by atoms with van der Waals surface area (Å²) in [7, 11) is 1.55. The lowest BCUT2D eigenvalue weighted by Gasteiger charge is -2.20. The van der Waals surface area contributed by atoms with Gasteiger partial charge in [0.25, 0.3) is 0 Å². The van der Waals surface area contributed by atoms with E-state index in [9.17, 15) is 0 Å². The number of methoxy groups -OCH3 is 3. The summed E-state index contributed by atoms with van der Waals surface area (Å²) < 4.78 is 31.5. The van der Waals surface area contributed by atoms with Gasteiger partial charge in [-0.2, -0.15) is 0 Å². The molecule has 0 unspecified atom stereocenters. The highest BCUT2D eigenvalue weighted by molar-refractivity contribution is 7.85. The van der Waals surface area contributed by atoms with Gasteiger partial charge in [-0.1, -0.05) is 71.0 Å². The molecule has 9 rings (SSSR count). The van der Waals surface area contributed by atoms with Gasteiger partial charge in [0, 0.05) is 82.7 Å². The molecule has 0 spiro atoms. The molecule has 0 saturated heterocycles. The van der Waals surface area contributed by atoms with Crippen molar-refractivity contribution in [2.75, 3.05) is 21.3 Å². The third-order valence-electron chi connectivity index (χ3n) is 11.7. The molecule has 0 bridgehead atoms. The molecule has 0 amide bonds. The average molecular weight is 969 g/mol. The SMILES string of the molecule is COc1ccc(C#Cc2ccc(C#Cc3ccc(P(=O)(c4ccc(C#Cc5ccc(C#Cc6ccc(OC)cc6)cc5)cc4)c4ccc(C#Cc5ccc(C#Cc6ccc(OC)cc6)cc5)cc4)cc3)cc2)cc1. The van der Waals surface area contributed by atoms with Crippen molar-refractivity contribution in [2.24, 2.45) is 0 Å². The summed E-state index contributed by atoms with van der Waals surface area (Å²) in [4.78, 5) is 0. The number of hydrogen-bond donors (Lipinski definition) is 0. The molecule has 0 N–H and O–H groups in total. The Balaban J connectivity index is 0.934. The van der Waals surface area contributed by atoms with Crippen LogP contribution in [0.2, 0.25) is 0 Å². The maximum absolute atomic E-state index is 15.7. The van der Waals surface area contributed by atoms with Crippen molar-refractivity contribution < 1.29 is 18.8 Å². The van der Waals surface area contributed by atoms with Crippen LogP contribution >= 0.6 is 7.14 Å². The maximum Gasteiger partial charge on any atom is 0.171 e. The van der Waals surface area contributed by atoms with E-state index in [-0.39, 0.29) is 0 Å². The van der Waals surface area contributed by atoms with Gasteiger partial charge in [0.15, 0.2) is 7.14 Å². The molecule has 0 aliphatic carbocycles. The van der Waals surface area contributed by atoms with Crippen molar-refractivity contribution in [3.05, 3.63) is 285 Å². The Bertz CT molecular complexity index is 3450. The fourth-order valence-corrected chi connectivity index (χ4v) is 10.1. The van der Waals surface area contributed by atoms with Crippen molar-refractivity contribution in [1.82, 2.24) is 0 Å². The Hall–Kier alpha value is -10.0. The molecule has 0 atom stereocenters. The third kappa shape index (κ3) is 12.8. The predicted molar refractivity (Wildman–Crippen MR) is 300 cm³/mol. The van der Waals surface area contributed by atoms with E-state index in [0.717, 1.165) is 84.0 Å². The Morgan fingerprint density at radius 1 is 0.216 bits per heavy atom. The van der Waals surface area contributed by atoms with Gasteiger partial charge in [-0.05, 0) is 218 Å². The minimum Gasteiger partial charge on any atom is -0.497 e. The largest absolute Gasteiger partial charge is 0.497 e. The Kier molecular flexibility index (Phi) is 15.7. The summed E-state index contributed by atoms with van der Waals surface area (Å²) in [5.41, 5.74) is 10.4. The number of ether oxygens (including phenoxy) is 3. The predicted octanol–water partition coefficient (Wildman–Crippen LogP) is 11.8. The monoisotopic (exact) mass is 968 g/mol. The molecule has 0 aromatic heterocycles. The minimum atomic E-state index is -3.39. The van der Waals surface area contributed by atoms with Gasteiger partial charge >= 0.3 is 0 Å². The summed E-state index contributed by atoms with van der Waals surface area (Å²) in [5.74, 6) is 41.2. The summed E-state index contributed by atoms with van der Waals surface area (Å²) >= 11 is 0. The first-order valence-corrected chi connectivity index (χ1v) is 25.3. The third-order valence-corrected chi connectivity index (χ3v) is 14.8. The van der Waals surface area contributed by atoms with Crippen LogP contribution in [0.1, 0.15) is 66.8 Å². The summed E-state index contributed by atoms with van der Waals surface area (Å²) in [5, 5.41) is 2.06. The zero-order chi connectivity index (χ0) is 51.0. The molecule has 4 nitrogen and oxygen atoms in total. The topological polar surface area (TPSA) is 44.8 Å². The van der Waals surface area contributed by atoms with E-state index in [2.05, 4.69) is 71.0 Å². The molecular formula is C69H45O4P. The van der Waals surface area contributed by atoms with Crippen molar-refractivity contribution in [3.8, 4) is 88.3 Å². The van der Waals surface area contributed by atoms with Crippen LogP contribution in [0, 0.1) is 71.0 Å². The lowest BCUT2D eigenvalue weighted by molar-refractivity contribution is 0.414. The van der Waals surface area contributed by atoms with Crippen LogP contribution < -0.4 is 30.1 Å². The van der Waals surface area contributed by atoms with Crippen LogP contribution in [0.3, 0.4) is 0 Å². The second-order valence-electron chi connectivity index (χ2n) is 16.7. The highest BCUT2D eigenvalue weighted by Gasteiger charge is 2.29. The lowest BCUT2D eigenvalue weighted by Crippen LogP contribution is -2.25. The molecular weight excluding hydrogens is 924 g/mol. The van der Waals surface area contributed by atoms with Crippen molar-refractivity contribution in [3.63, 3.8) is 0 Å². The molecule has 5 heteroatoms. The van der Waals surface area contributed by atoms with Crippen molar-refractivity contribution in [1.29, 1.82) is 0 Å². The second-order valence-corrected chi connectivity index (χ2v) is 19.4. The Morgan fingerprint density at radius 2 is 0.338 bits per heavy atom. The minimum absolute atomic E-state index is 0.686. The smallest absolute Gasteiger partial charge is 0.171 e. The number of benzene rings is 9. The molecule has 350 valence electrons. The fourth-order valence-electron chi connectivity index (χ4n) is 7.51. The van der Waals surface area contributed by atoms with Crippen LogP contribution in [0.4, 0.5) is 0 Å². The summed E-state index contributed by atoms with van der Waals surface area (Å²) in [6.45, 7) is 0. The Morgan fingerprint density at radius 3 is 0.473 bits per heavy atom. The zero-order valence-corrected chi connectivity index (χ0v) is 41.8. The summed E-state index contributed by atoms with van der Waals surface area (Å²) in [6, 6.07) is 69.6. The van der Waals surface area contributed by atoms with Crippen LogP contribution in [-0.4, -0.2) is 21.3 Å². The molecule has 0 heterocycles. The van der Waals surface area contributed by atoms with Gasteiger partial charge < -0.3 is 18.8 Å². The van der Waals surface area contributed by atoms with Crippen LogP contribution in [0.25, 0.3) is 0 Å². The maximum atomic E-state index is 15.7. The van der Waals surface area contributed by atoms with E-state index < -0.39 is 7.14 Å². The van der Waals surface area contributed by atoms with Crippen LogP contribution in [0.5, 0.6) is 17.2 Å². The zero-order valence-electron chi connectivity index (χ0n) is 40.9. The standard InChI is InChI=1S/C69H45O4P/c1-71-64-40-28-58(29-41-64)22-16-52-4-10-55(11-5-52)19-25-61-34-46-67(47-35-61)74(70,68-48-36-62(37-49-68)26-20-56-12-6-53(7-13-56)17-23-59-30-42-65(72-2)43-31-59)69-50-38-63(39-51-69)27-21-57-14-8-54(9-15-57)18-24-60-32-44-66(73-3)45-33-60/h4-15,28-51H,1-3H3. The van der Waals surface area contributed by atoms with E-state index in [1.807, 2.05) is 218 Å². The first-order valence-electron chi connectivity index (χ1n) is 23.6. The van der Waals surface area contributed by atoms with Gasteiger partial charge in [0.05, 0.1) is 21.3 Å². The molecule has 0 radical (unpaired) electrons. The van der Waals surface area contributed by atoms with E-state index in [1.54, 1.807) is 21.3 Å². The first kappa shape index (κ1) is 49.0. The number of rotatable bonds is 6. The van der Waals surface area contributed by atoms with Gasteiger partial charge in [0.2, 0.25) is 0 Å². The number of hydrogen-bond acceptors (Lipinski definition) is 4. The van der Waals surface area contributed by atoms with Gasteiger partial charge in [0.1, 0.15) is 17.2 Å². The first-order chi connectivity index (χ1) is 36.3. The second kappa shape index (κ2) is 23.7. The van der Waals surface area contributed by atoms with Gasteiger partial charge in [-0.3, -0.25) is 0 Å². The lowest BCUT2D eigenvalue weighted by atomic mass is 10.1. The van der Waals surface area contributed by atoms with Gasteiger partial charge in [-0.15, -0.1) is 0 Å². The van der Waals surface area contributed by atoms with Gasteiger partial charge in [-0.25, -0.2) is 0 Å². The van der Waals surface area contributed by atoms with Crippen molar-refractivity contribution in [2.45, 2.75) is 0 Å². The van der Waals surface area contributed by atoms with Crippen LogP contribution in [0.15, 0.2) is 218 Å². The molecule has 0 fully saturated rings. The molecule has 9 aromatic carbocycles. The van der Waals surface area contributed by atoms with E-state index >= 15 is 4.57 Å². The average Bonchev–Trinajstić information content (AvgIpc) is 3.47. The van der Waals surface area contributed by atoms with Crippen molar-refractivity contribution >= 4 is 23.1 Å². The molecule has 9 aromatic rings. The molecule has 0 aliphatic heterocycles. The molecule has 74 heavy (non-hydrogen) atoms. The van der Waals surface area contributed by atoms with Crippen LogP contribution in [-0.2, 0) is 4.57 Å². The van der Waals surface area contributed by atoms with E-state index in [1.165, 1.54) is 0 Å². The van der Waals surface area contributed by atoms with E-state index in [0.29, 0.717) is 15.9 Å². The fraction of sp³-hybridized carbons (Fsp3) is 0.0435. The summed E-state index contributed by atoms with van der Waals surface area (Å²) in [6.07, 6.45) is 0. The molecule has 0 aliphatic rings. The quantitative estimate of drug-likeness (QED) is 0.123. The highest BCUT2D eigenvalue weighted by Crippen LogP contribution is 2.42.